The minimum absolute atomic E-state index is 0.0535. The van der Waals surface area contributed by atoms with E-state index in [1.807, 2.05) is 6.07 Å². The number of hydrogen-bond acceptors (Lipinski definition) is 5. The Morgan fingerprint density at radius 3 is 2.36 bits per heavy atom. The molecule has 0 atom stereocenters. The Morgan fingerprint density at radius 2 is 1.73 bits per heavy atom. The molecule has 2 amide bonds. The number of carbonyl (C=O) groups excluding carboxylic acids is 2. The van der Waals surface area contributed by atoms with Gasteiger partial charge in [-0.25, -0.2) is 12.8 Å². The Labute approximate surface area is 192 Å². The van der Waals surface area contributed by atoms with E-state index in [0.29, 0.717) is 24.0 Å². The number of nitrogens with one attached hydrogen (secondary N) is 2. The zero-order chi connectivity index (χ0) is 23.8. The van der Waals surface area contributed by atoms with Crippen molar-refractivity contribution in [1.82, 2.24) is 14.9 Å². The van der Waals surface area contributed by atoms with Gasteiger partial charge in [-0.15, -0.1) is 0 Å². The fourth-order valence-electron chi connectivity index (χ4n) is 3.64. The van der Waals surface area contributed by atoms with E-state index >= 15 is 0 Å². The quantitative estimate of drug-likeness (QED) is 0.566. The van der Waals surface area contributed by atoms with Crippen molar-refractivity contribution < 1.29 is 22.4 Å². The highest BCUT2D eigenvalue weighted by atomic mass is 32.2. The summed E-state index contributed by atoms with van der Waals surface area (Å²) in [6.45, 7) is 0.943. The van der Waals surface area contributed by atoms with E-state index in [0.717, 1.165) is 0 Å². The molecular formula is C23H25FN4O4S. The minimum Gasteiger partial charge on any atom is -0.354 e. The van der Waals surface area contributed by atoms with Gasteiger partial charge in [0.15, 0.2) is 0 Å². The van der Waals surface area contributed by atoms with Gasteiger partial charge >= 0.3 is 0 Å². The summed E-state index contributed by atoms with van der Waals surface area (Å²) in [6.07, 6.45) is 0.846. The lowest BCUT2D eigenvalue weighted by atomic mass is 9.97. The van der Waals surface area contributed by atoms with Crippen molar-refractivity contribution in [3.63, 3.8) is 0 Å². The molecule has 10 heteroatoms. The lowest BCUT2D eigenvalue weighted by Crippen LogP contribution is -2.44. The molecule has 0 spiro atoms. The van der Waals surface area contributed by atoms with Crippen LogP contribution in [0.3, 0.4) is 0 Å². The summed E-state index contributed by atoms with van der Waals surface area (Å²) >= 11 is 0. The number of hydrogen-bond donors (Lipinski definition) is 2. The Balaban J connectivity index is 1.39. The molecule has 2 aromatic rings. The Hall–Kier alpha value is -3.29. The van der Waals surface area contributed by atoms with Crippen LogP contribution >= 0.6 is 0 Å². The number of nitriles is 1. The SMILES string of the molecule is N#Cc1ccc(S(=O)(=O)N2CCC(C(=O)NCCNC(=O)Cc3cccc(F)c3)CC2)cc1. The first-order valence-corrected chi connectivity index (χ1v) is 12.0. The third-order valence-electron chi connectivity index (χ3n) is 5.45. The molecule has 1 saturated heterocycles. The second-order valence-electron chi connectivity index (χ2n) is 7.76. The van der Waals surface area contributed by atoms with Crippen molar-refractivity contribution >= 4 is 21.8 Å². The molecule has 0 radical (unpaired) electrons. The molecule has 0 bridgehead atoms. The molecule has 0 aliphatic carbocycles. The molecule has 0 saturated carbocycles. The summed E-state index contributed by atoms with van der Waals surface area (Å²) in [6, 6.07) is 13.5. The average Bonchev–Trinajstić information content (AvgIpc) is 2.82. The molecule has 0 unspecified atom stereocenters. The van der Waals surface area contributed by atoms with Crippen LogP contribution in [0.1, 0.15) is 24.0 Å². The predicted molar refractivity (Wildman–Crippen MR) is 119 cm³/mol. The van der Waals surface area contributed by atoms with Crippen LogP contribution in [0.4, 0.5) is 4.39 Å². The predicted octanol–water partition coefficient (Wildman–Crippen LogP) is 1.57. The molecular weight excluding hydrogens is 447 g/mol. The van der Waals surface area contributed by atoms with Gasteiger partial charge in [0.1, 0.15) is 5.82 Å². The van der Waals surface area contributed by atoms with Crippen LogP contribution in [0.25, 0.3) is 0 Å². The third kappa shape index (κ3) is 6.60. The molecule has 3 rings (SSSR count). The van der Waals surface area contributed by atoms with Gasteiger partial charge < -0.3 is 10.6 Å². The van der Waals surface area contributed by atoms with Crippen molar-refractivity contribution in [2.24, 2.45) is 5.92 Å². The van der Waals surface area contributed by atoms with E-state index < -0.39 is 15.8 Å². The van der Waals surface area contributed by atoms with Crippen LogP contribution < -0.4 is 10.6 Å². The first-order chi connectivity index (χ1) is 15.8. The highest BCUT2D eigenvalue weighted by Crippen LogP contribution is 2.24. The molecule has 1 fully saturated rings. The maximum atomic E-state index is 13.2. The van der Waals surface area contributed by atoms with Gasteiger partial charge in [0, 0.05) is 32.1 Å². The molecule has 1 aliphatic rings. The number of nitrogens with zero attached hydrogens (tertiary/aromatic N) is 2. The summed E-state index contributed by atoms with van der Waals surface area (Å²) in [7, 11) is -3.67. The highest BCUT2D eigenvalue weighted by molar-refractivity contribution is 7.89. The zero-order valence-corrected chi connectivity index (χ0v) is 18.8. The van der Waals surface area contributed by atoms with Crippen LogP contribution in [0.5, 0.6) is 0 Å². The molecule has 1 heterocycles. The van der Waals surface area contributed by atoms with Crippen LogP contribution in [0.15, 0.2) is 53.4 Å². The number of carbonyl (C=O) groups is 2. The van der Waals surface area contributed by atoms with E-state index in [4.69, 9.17) is 5.26 Å². The standard InChI is InChI=1S/C23H25FN4O4S/c24-20-3-1-2-18(14-20)15-22(29)26-10-11-27-23(30)19-8-12-28(13-9-19)33(31,32)21-6-4-17(16-25)5-7-21/h1-7,14,19H,8-13,15H2,(H,26,29)(H,27,30). The van der Waals surface area contributed by atoms with Gasteiger partial charge in [-0.05, 0) is 54.8 Å². The smallest absolute Gasteiger partial charge is 0.243 e. The van der Waals surface area contributed by atoms with Crippen LogP contribution in [-0.4, -0.2) is 50.7 Å². The van der Waals surface area contributed by atoms with Crippen molar-refractivity contribution in [3.8, 4) is 6.07 Å². The topological polar surface area (TPSA) is 119 Å². The molecule has 2 aromatic carbocycles. The van der Waals surface area contributed by atoms with Gasteiger partial charge in [0.25, 0.3) is 0 Å². The first kappa shape index (κ1) is 24.4. The number of piperidine rings is 1. The maximum Gasteiger partial charge on any atom is 0.243 e. The lowest BCUT2D eigenvalue weighted by Gasteiger charge is -2.30. The van der Waals surface area contributed by atoms with E-state index in [9.17, 15) is 22.4 Å². The van der Waals surface area contributed by atoms with Gasteiger partial charge in [0.05, 0.1) is 22.9 Å². The number of sulfonamides is 1. The maximum absolute atomic E-state index is 13.2. The van der Waals surface area contributed by atoms with Crippen molar-refractivity contribution in [2.45, 2.75) is 24.2 Å². The van der Waals surface area contributed by atoms with Crippen LogP contribution in [0, 0.1) is 23.1 Å². The minimum atomic E-state index is -3.67. The van der Waals surface area contributed by atoms with Crippen molar-refractivity contribution in [2.75, 3.05) is 26.2 Å². The van der Waals surface area contributed by atoms with Crippen LogP contribution in [-0.2, 0) is 26.0 Å². The second-order valence-corrected chi connectivity index (χ2v) is 9.70. The summed E-state index contributed by atoms with van der Waals surface area (Å²) in [5, 5.41) is 14.3. The van der Waals surface area contributed by atoms with Gasteiger partial charge in [-0.1, -0.05) is 12.1 Å². The van der Waals surface area contributed by atoms with Crippen molar-refractivity contribution in [1.29, 1.82) is 5.26 Å². The average molecular weight is 473 g/mol. The monoisotopic (exact) mass is 472 g/mol. The van der Waals surface area contributed by atoms with E-state index in [-0.39, 0.29) is 55.2 Å². The molecule has 33 heavy (non-hydrogen) atoms. The van der Waals surface area contributed by atoms with Gasteiger partial charge in [-0.2, -0.15) is 9.57 Å². The van der Waals surface area contributed by atoms with E-state index in [1.54, 1.807) is 12.1 Å². The number of amides is 2. The largest absolute Gasteiger partial charge is 0.354 e. The first-order valence-electron chi connectivity index (χ1n) is 10.6. The fraction of sp³-hybridized carbons (Fsp3) is 0.348. The van der Waals surface area contributed by atoms with Gasteiger partial charge in [-0.3, -0.25) is 9.59 Å². The summed E-state index contributed by atoms with van der Waals surface area (Å²) in [5.41, 5.74) is 0.953. The summed E-state index contributed by atoms with van der Waals surface area (Å²) in [5.74, 6) is -1.15. The highest BCUT2D eigenvalue weighted by Gasteiger charge is 2.31. The van der Waals surface area contributed by atoms with Crippen molar-refractivity contribution in [3.05, 3.63) is 65.5 Å². The lowest BCUT2D eigenvalue weighted by molar-refractivity contribution is -0.126. The molecule has 174 valence electrons. The van der Waals surface area contributed by atoms with E-state index in [2.05, 4.69) is 10.6 Å². The third-order valence-corrected chi connectivity index (χ3v) is 7.36. The van der Waals surface area contributed by atoms with E-state index in [1.165, 1.54) is 40.7 Å². The second kappa shape index (κ2) is 11.0. The summed E-state index contributed by atoms with van der Waals surface area (Å²) in [4.78, 5) is 24.5. The molecule has 1 aliphatic heterocycles. The van der Waals surface area contributed by atoms with Crippen LogP contribution in [0.2, 0.25) is 0 Å². The molecule has 2 N–H and O–H groups in total. The molecule has 0 aromatic heterocycles. The number of halogens is 1. The number of benzene rings is 2. The Kier molecular flexibility index (Phi) is 8.14. The zero-order valence-electron chi connectivity index (χ0n) is 18.0. The van der Waals surface area contributed by atoms with Gasteiger partial charge in [0.2, 0.25) is 21.8 Å². The molecule has 8 nitrogen and oxygen atoms in total. The Morgan fingerprint density at radius 1 is 1.06 bits per heavy atom. The number of rotatable bonds is 8. The summed E-state index contributed by atoms with van der Waals surface area (Å²) < 4.78 is 40.1. The fourth-order valence-corrected chi connectivity index (χ4v) is 5.11. The Bertz CT molecular complexity index is 1140. The normalized spacial score (nSPS) is 14.9.